The molecular formula is C28H21BrN2O3S. The lowest BCUT2D eigenvalue weighted by Crippen LogP contribution is -2.19. The first-order valence-electron chi connectivity index (χ1n) is 10.9. The van der Waals surface area contributed by atoms with Gasteiger partial charge in [0.15, 0.2) is 16.7 Å². The molecule has 1 amide bonds. The van der Waals surface area contributed by atoms with Crippen molar-refractivity contribution in [2.75, 3.05) is 7.11 Å². The van der Waals surface area contributed by atoms with Gasteiger partial charge in [-0.3, -0.25) is 4.79 Å². The van der Waals surface area contributed by atoms with Crippen LogP contribution in [0.2, 0.25) is 0 Å². The molecule has 7 heteroatoms. The standard InChI is InChI=1S/C28H21BrN2O3S/c1-33-24-15-18(16-25-27(32)31-28(35-25)30-21-11-3-2-4-12-21)14-23(29)26(24)34-17-20-10-7-9-19-8-5-6-13-22(19)20/h2-16H,17H2,1H3,(H,30,31,32). The summed E-state index contributed by atoms with van der Waals surface area (Å²) in [4.78, 5) is 17.6. The lowest BCUT2D eigenvalue weighted by atomic mass is 10.1. The Balaban J connectivity index is 1.37. The van der Waals surface area contributed by atoms with Crippen molar-refractivity contribution < 1.29 is 14.3 Å². The molecule has 1 aliphatic rings. The Labute approximate surface area is 216 Å². The van der Waals surface area contributed by atoms with Crippen molar-refractivity contribution >= 4 is 61.3 Å². The smallest absolute Gasteiger partial charge is 0.264 e. The van der Waals surface area contributed by atoms with Gasteiger partial charge in [0.05, 0.1) is 22.2 Å². The summed E-state index contributed by atoms with van der Waals surface area (Å²) >= 11 is 4.92. The van der Waals surface area contributed by atoms with E-state index >= 15 is 0 Å². The lowest BCUT2D eigenvalue weighted by molar-refractivity contribution is -0.115. The number of benzene rings is 4. The summed E-state index contributed by atoms with van der Waals surface area (Å²) < 4.78 is 12.5. The molecule has 1 heterocycles. The Morgan fingerprint density at radius 1 is 1.00 bits per heavy atom. The molecule has 1 saturated heterocycles. The molecule has 0 aromatic heterocycles. The molecule has 5 nitrogen and oxygen atoms in total. The molecule has 174 valence electrons. The number of para-hydroxylation sites is 1. The minimum Gasteiger partial charge on any atom is -0.493 e. The number of carbonyl (C=O) groups is 1. The third kappa shape index (κ3) is 5.26. The third-order valence-corrected chi connectivity index (χ3v) is 6.94. The van der Waals surface area contributed by atoms with Gasteiger partial charge in [-0.25, -0.2) is 4.99 Å². The molecule has 1 fully saturated rings. The van der Waals surface area contributed by atoms with Crippen LogP contribution in [0.3, 0.4) is 0 Å². The van der Waals surface area contributed by atoms with Crippen molar-refractivity contribution in [3.05, 3.63) is 105 Å². The normalized spacial score (nSPS) is 15.5. The minimum atomic E-state index is -0.184. The number of nitrogens with zero attached hydrogens (tertiary/aromatic N) is 1. The van der Waals surface area contributed by atoms with Gasteiger partial charge in [-0.15, -0.1) is 0 Å². The van der Waals surface area contributed by atoms with Crippen molar-refractivity contribution in [1.29, 1.82) is 0 Å². The molecule has 0 aliphatic carbocycles. The predicted molar refractivity (Wildman–Crippen MR) is 146 cm³/mol. The van der Waals surface area contributed by atoms with Crippen LogP contribution in [0.1, 0.15) is 11.1 Å². The summed E-state index contributed by atoms with van der Waals surface area (Å²) in [5.41, 5.74) is 2.69. The van der Waals surface area contributed by atoms with Crippen LogP contribution in [0.5, 0.6) is 11.5 Å². The van der Waals surface area contributed by atoms with Crippen molar-refractivity contribution in [2.24, 2.45) is 4.99 Å². The number of hydrogen-bond acceptors (Lipinski definition) is 5. The highest BCUT2D eigenvalue weighted by Gasteiger charge is 2.24. The van der Waals surface area contributed by atoms with Crippen molar-refractivity contribution in [2.45, 2.75) is 6.61 Å². The van der Waals surface area contributed by atoms with Crippen molar-refractivity contribution in [1.82, 2.24) is 5.32 Å². The summed E-state index contributed by atoms with van der Waals surface area (Å²) in [6.45, 7) is 0.397. The van der Waals surface area contributed by atoms with Gasteiger partial charge >= 0.3 is 0 Å². The first kappa shape index (κ1) is 23.2. The number of methoxy groups -OCH3 is 1. The van der Waals surface area contributed by atoms with Crippen LogP contribution < -0.4 is 14.8 Å². The number of amidine groups is 1. The van der Waals surface area contributed by atoms with E-state index in [0.29, 0.717) is 28.2 Å². The molecule has 0 unspecified atom stereocenters. The van der Waals surface area contributed by atoms with E-state index in [1.54, 1.807) is 7.11 Å². The van der Waals surface area contributed by atoms with Gasteiger partial charge in [0.1, 0.15) is 6.61 Å². The maximum atomic E-state index is 12.5. The predicted octanol–water partition coefficient (Wildman–Crippen LogP) is 7.08. The van der Waals surface area contributed by atoms with Gasteiger partial charge < -0.3 is 14.8 Å². The monoisotopic (exact) mass is 544 g/mol. The molecule has 4 aromatic rings. The van der Waals surface area contributed by atoms with Crippen LogP contribution >= 0.6 is 27.7 Å². The quantitative estimate of drug-likeness (QED) is 0.263. The number of thioether (sulfide) groups is 1. The van der Waals surface area contributed by atoms with Gasteiger partial charge in [-0.2, -0.15) is 0 Å². The van der Waals surface area contributed by atoms with E-state index in [-0.39, 0.29) is 5.91 Å². The second kappa shape index (κ2) is 10.4. The number of aliphatic imine (C=N–C) groups is 1. The molecule has 0 radical (unpaired) electrons. The van der Waals surface area contributed by atoms with E-state index in [1.165, 1.54) is 17.1 Å². The SMILES string of the molecule is COc1cc(C=C2SC(=Nc3ccccc3)NC2=O)cc(Br)c1OCc1cccc2ccccc12. The van der Waals surface area contributed by atoms with E-state index in [0.717, 1.165) is 26.7 Å². The van der Waals surface area contributed by atoms with Gasteiger partial charge in [0.25, 0.3) is 5.91 Å². The molecular weight excluding hydrogens is 524 g/mol. The van der Waals surface area contributed by atoms with E-state index in [4.69, 9.17) is 9.47 Å². The average Bonchev–Trinajstić information content (AvgIpc) is 3.21. The highest BCUT2D eigenvalue weighted by Crippen LogP contribution is 2.39. The van der Waals surface area contributed by atoms with E-state index < -0.39 is 0 Å². The topological polar surface area (TPSA) is 59.9 Å². The van der Waals surface area contributed by atoms with Gasteiger partial charge in [0.2, 0.25) is 0 Å². The van der Waals surface area contributed by atoms with Gasteiger partial charge in [-0.05, 0) is 79.9 Å². The number of fused-ring (bicyclic) bond motifs is 1. The van der Waals surface area contributed by atoms with Crippen LogP contribution in [0, 0.1) is 0 Å². The Hall–Kier alpha value is -3.55. The number of carbonyl (C=O) groups excluding carboxylic acids is 1. The fourth-order valence-corrected chi connectivity index (χ4v) is 5.20. The Kier molecular flexibility index (Phi) is 6.88. The zero-order valence-electron chi connectivity index (χ0n) is 18.8. The number of hydrogen-bond donors (Lipinski definition) is 1. The molecule has 0 spiro atoms. The van der Waals surface area contributed by atoms with Crippen LogP contribution in [0.25, 0.3) is 16.8 Å². The summed E-state index contributed by atoms with van der Waals surface area (Å²) in [6, 6.07) is 27.7. The number of amides is 1. The largest absolute Gasteiger partial charge is 0.493 e. The summed E-state index contributed by atoms with van der Waals surface area (Å²) in [6.07, 6.45) is 1.81. The van der Waals surface area contributed by atoms with Gasteiger partial charge in [0, 0.05) is 0 Å². The average molecular weight is 545 g/mol. The van der Waals surface area contributed by atoms with Gasteiger partial charge in [-0.1, -0.05) is 60.7 Å². The second-order valence-corrected chi connectivity index (χ2v) is 9.66. The molecule has 0 bridgehead atoms. The highest BCUT2D eigenvalue weighted by molar-refractivity contribution is 9.10. The van der Waals surface area contributed by atoms with E-state index in [9.17, 15) is 4.79 Å². The highest BCUT2D eigenvalue weighted by atomic mass is 79.9. The minimum absolute atomic E-state index is 0.184. The Morgan fingerprint density at radius 3 is 2.60 bits per heavy atom. The van der Waals surface area contributed by atoms with Crippen molar-refractivity contribution in [3.63, 3.8) is 0 Å². The number of nitrogens with one attached hydrogen (secondary N) is 1. The van der Waals surface area contributed by atoms with Crippen LogP contribution in [-0.2, 0) is 11.4 Å². The summed E-state index contributed by atoms with van der Waals surface area (Å²) in [5.74, 6) is 1.00. The van der Waals surface area contributed by atoms with Crippen molar-refractivity contribution in [3.8, 4) is 11.5 Å². The Morgan fingerprint density at radius 2 is 1.77 bits per heavy atom. The zero-order valence-corrected chi connectivity index (χ0v) is 21.2. The molecule has 35 heavy (non-hydrogen) atoms. The second-order valence-electron chi connectivity index (χ2n) is 7.78. The molecule has 1 N–H and O–H groups in total. The summed E-state index contributed by atoms with van der Waals surface area (Å²) in [7, 11) is 1.60. The fraction of sp³-hybridized carbons (Fsp3) is 0.0714. The zero-order chi connectivity index (χ0) is 24.2. The number of halogens is 1. The Bertz CT molecular complexity index is 1460. The molecule has 0 saturated carbocycles. The lowest BCUT2D eigenvalue weighted by Gasteiger charge is -2.15. The maximum Gasteiger partial charge on any atom is 0.264 e. The van der Waals surface area contributed by atoms with E-state index in [2.05, 4.69) is 50.5 Å². The number of ether oxygens (including phenoxy) is 2. The van der Waals surface area contributed by atoms with Crippen LogP contribution in [0.4, 0.5) is 5.69 Å². The third-order valence-electron chi connectivity index (χ3n) is 5.44. The first-order chi connectivity index (χ1) is 17.1. The van der Waals surface area contributed by atoms with E-state index in [1.807, 2.05) is 66.7 Å². The molecule has 4 aromatic carbocycles. The number of rotatable bonds is 6. The molecule has 5 rings (SSSR count). The van der Waals surface area contributed by atoms with Crippen LogP contribution in [0.15, 0.2) is 99.3 Å². The molecule has 1 aliphatic heterocycles. The fourth-order valence-electron chi connectivity index (χ4n) is 3.78. The molecule has 0 atom stereocenters. The first-order valence-corrected chi connectivity index (χ1v) is 12.5. The maximum absolute atomic E-state index is 12.5. The van der Waals surface area contributed by atoms with Crippen LogP contribution in [-0.4, -0.2) is 18.2 Å². The summed E-state index contributed by atoms with van der Waals surface area (Å²) in [5, 5.41) is 5.69.